The lowest BCUT2D eigenvalue weighted by Gasteiger charge is -2.30. The van der Waals surface area contributed by atoms with E-state index in [4.69, 9.17) is 9.05 Å². The predicted molar refractivity (Wildman–Crippen MR) is 74.7 cm³/mol. The van der Waals surface area contributed by atoms with E-state index >= 15 is 0 Å². The summed E-state index contributed by atoms with van der Waals surface area (Å²) in [6.07, 6.45) is 4.27. The lowest BCUT2D eigenvalue weighted by atomic mass is 9.96. The van der Waals surface area contributed by atoms with Crippen molar-refractivity contribution in [2.45, 2.75) is 31.7 Å². The fourth-order valence-electron chi connectivity index (χ4n) is 3.11. The Hall–Kier alpha value is -1.73. The summed E-state index contributed by atoms with van der Waals surface area (Å²) in [6.45, 7) is 2.81. The summed E-state index contributed by atoms with van der Waals surface area (Å²) >= 11 is 0. The highest BCUT2D eigenvalue weighted by Gasteiger charge is 2.28. The van der Waals surface area contributed by atoms with Crippen molar-refractivity contribution in [1.29, 1.82) is 0 Å². The number of aryl methyl sites for hydroxylation is 1. The molecule has 112 valence electrons. The molecule has 2 aliphatic rings. The van der Waals surface area contributed by atoms with Crippen LogP contribution in [0.5, 0.6) is 0 Å². The van der Waals surface area contributed by atoms with E-state index in [2.05, 4.69) is 32.6 Å². The minimum absolute atomic E-state index is 0.152. The molecule has 2 aromatic heterocycles. The van der Waals surface area contributed by atoms with Crippen LogP contribution in [0.4, 0.5) is 0 Å². The molecule has 1 atom stereocenters. The van der Waals surface area contributed by atoms with Crippen LogP contribution in [0.2, 0.25) is 0 Å². The highest BCUT2D eigenvalue weighted by Crippen LogP contribution is 2.31. The predicted octanol–water partition coefficient (Wildman–Crippen LogP) is 1.18. The number of piperazine rings is 1. The Balaban J connectivity index is 1.63. The molecule has 1 saturated heterocycles. The third-order valence-corrected chi connectivity index (χ3v) is 4.40. The van der Waals surface area contributed by atoms with Crippen molar-refractivity contribution in [3.63, 3.8) is 0 Å². The van der Waals surface area contributed by atoms with E-state index in [0.29, 0.717) is 11.7 Å². The van der Waals surface area contributed by atoms with Crippen LogP contribution in [-0.4, -0.2) is 46.9 Å². The minimum Gasteiger partial charge on any atom is -0.360 e. The first-order valence-corrected chi connectivity index (χ1v) is 7.55. The molecule has 1 fully saturated rings. The Kier molecular flexibility index (Phi) is 3.23. The first-order valence-electron chi connectivity index (χ1n) is 7.55. The van der Waals surface area contributed by atoms with Gasteiger partial charge in [0.2, 0.25) is 0 Å². The second-order valence-electron chi connectivity index (χ2n) is 5.80. The quantitative estimate of drug-likeness (QED) is 0.889. The van der Waals surface area contributed by atoms with Crippen LogP contribution in [0.1, 0.15) is 36.0 Å². The summed E-state index contributed by atoms with van der Waals surface area (Å²) in [5.41, 5.74) is 1.88. The zero-order valence-corrected chi connectivity index (χ0v) is 12.1. The molecule has 0 spiro atoms. The molecule has 1 N–H and O–H groups in total. The normalized spacial score (nSPS) is 23.2. The molecular weight excluding hydrogens is 270 g/mol. The fraction of sp³-hybridized carbons (Fsp3) is 0.643. The summed E-state index contributed by atoms with van der Waals surface area (Å²) in [6, 6.07) is 0.152. The van der Waals surface area contributed by atoms with E-state index < -0.39 is 0 Å². The highest BCUT2D eigenvalue weighted by atomic mass is 16.5. The summed E-state index contributed by atoms with van der Waals surface area (Å²) in [7, 11) is 2.08. The second kappa shape index (κ2) is 5.23. The summed E-state index contributed by atoms with van der Waals surface area (Å²) < 4.78 is 10.9. The molecule has 1 aliphatic carbocycles. The van der Waals surface area contributed by atoms with Gasteiger partial charge in [0.05, 0.1) is 6.04 Å². The fourth-order valence-corrected chi connectivity index (χ4v) is 3.11. The maximum absolute atomic E-state index is 5.44. The monoisotopic (exact) mass is 289 g/mol. The van der Waals surface area contributed by atoms with Crippen LogP contribution in [-0.2, 0) is 12.8 Å². The maximum atomic E-state index is 5.44. The van der Waals surface area contributed by atoms with E-state index in [1.807, 2.05) is 0 Å². The number of rotatable bonds is 2. The summed E-state index contributed by atoms with van der Waals surface area (Å²) in [5.74, 6) is 2.18. The molecule has 1 aliphatic heterocycles. The van der Waals surface area contributed by atoms with Crippen LogP contribution in [0, 0.1) is 0 Å². The molecule has 3 heterocycles. The lowest BCUT2D eigenvalue weighted by molar-refractivity contribution is 0.190. The number of hydrogen-bond acceptors (Lipinski definition) is 7. The number of aromatic nitrogens is 3. The third-order valence-electron chi connectivity index (χ3n) is 4.40. The van der Waals surface area contributed by atoms with Crippen LogP contribution in [0.15, 0.2) is 9.05 Å². The zero-order chi connectivity index (χ0) is 14.2. The van der Waals surface area contributed by atoms with Gasteiger partial charge >= 0.3 is 0 Å². The van der Waals surface area contributed by atoms with Crippen LogP contribution < -0.4 is 5.32 Å². The van der Waals surface area contributed by atoms with Crippen LogP contribution in [0.3, 0.4) is 0 Å². The average molecular weight is 289 g/mol. The largest absolute Gasteiger partial charge is 0.360 e. The first kappa shape index (κ1) is 13.0. The van der Waals surface area contributed by atoms with E-state index in [0.717, 1.165) is 62.3 Å². The molecule has 0 bridgehead atoms. The molecule has 7 nitrogen and oxygen atoms in total. The molecule has 21 heavy (non-hydrogen) atoms. The Morgan fingerprint density at radius 3 is 3.00 bits per heavy atom. The Morgan fingerprint density at radius 1 is 1.19 bits per heavy atom. The van der Waals surface area contributed by atoms with Crippen LogP contribution in [0.25, 0.3) is 11.6 Å². The van der Waals surface area contributed by atoms with Crippen molar-refractivity contribution < 1.29 is 9.05 Å². The molecule has 0 radical (unpaired) electrons. The smallest absolute Gasteiger partial charge is 0.280 e. The van der Waals surface area contributed by atoms with Gasteiger partial charge in [-0.25, -0.2) is 0 Å². The van der Waals surface area contributed by atoms with Gasteiger partial charge < -0.3 is 14.4 Å². The Bertz CT molecular complexity index is 635. The van der Waals surface area contributed by atoms with Gasteiger partial charge in [0.15, 0.2) is 11.5 Å². The number of fused-ring (bicyclic) bond motifs is 1. The lowest BCUT2D eigenvalue weighted by Crippen LogP contribution is -2.44. The molecule has 0 amide bonds. The van der Waals surface area contributed by atoms with Gasteiger partial charge in [-0.2, -0.15) is 4.98 Å². The van der Waals surface area contributed by atoms with Crippen molar-refractivity contribution in [2.24, 2.45) is 0 Å². The van der Waals surface area contributed by atoms with E-state index in [9.17, 15) is 0 Å². The average Bonchev–Trinajstić information content (AvgIpc) is 3.14. The van der Waals surface area contributed by atoms with Crippen molar-refractivity contribution in [2.75, 3.05) is 26.7 Å². The number of hydrogen-bond donors (Lipinski definition) is 1. The van der Waals surface area contributed by atoms with Gasteiger partial charge in [-0.15, -0.1) is 0 Å². The summed E-state index contributed by atoms with van der Waals surface area (Å²) in [5, 5.41) is 11.7. The SMILES string of the molecule is CN1CCNCC1c1noc(-c2noc3c2CCCC3)n1. The Labute approximate surface area is 122 Å². The molecule has 2 aromatic rings. The van der Waals surface area contributed by atoms with Crippen LogP contribution >= 0.6 is 0 Å². The molecule has 7 heteroatoms. The van der Waals surface area contributed by atoms with Crippen molar-refractivity contribution in [3.05, 3.63) is 17.1 Å². The minimum atomic E-state index is 0.152. The molecular formula is C14H19N5O2. The van der Waals surface area contributed by atoms with E-state index in [-0.39, 0.29) is 6.04 Å². The highest BCUT2D eigenvalue weighted by molar-refractivity contribution is 5.54. The van der Waals surface area contributed by atoms with Gasteiger partial charge in [-0.3, -0.25) is 4.90 Å². The second-order valence-corrected chi connectivity index (χ2v) is 5.80. The van der Waals surface area contributed by atoms with E-state index in [1.165, 1.54) is 0 Å². The van der Waals surface area contributed by atoms with Crippen molar-refractivity contribution in [3.8, 4) is 11.6 Å². The molecule has 0 saturated carbocycles. The molecule has 0 aromatic carbocycles. The third kappa shape index (κ3) is 2.26. The molecule has 1 unspecified atom stereocenters. The molecule has 4 rings (SSSR count). The van der Waals surface area contributed by atoms with Gasteiger partial charge in [-0.05, 0) is 26.3 Å². The van der Waals surface area contributed by atoms with Gasteiger partial charge in [-0.1, -0.05) is 10.3 Å². The summed E-state index contributed by atoms with van der Waals surface area (Å²) in [4.78, 5) is 6.79. The van der Waals surface area contributed by atoms with Crippen molar-refractivity contribution in [1.82, 2.24) is 25.5 Å². The van der Waals surface area contributed by atoms with Gasteiger partial charge in [0.25, 0.3) is 5.89 Å². The number of likely N-dealkylation sites (N-methyl/N-ethyl adjacent to an activating group) is 1. The standard InChI is InChI=1S/C14H19N5O2/c1-19-7-6-15-8-10(19)13-16-14(21-18-13)12-9-4-2-3-5-11(9)20-17-12/h10,15H,2-8H2,1H3. The van der Waals surface area contributed by atoms with Gasteiger partial charge in [0, 0.05) is 31.6 Å². The van der Waals surface area contributed by atoms with Crippen molar-refractivity contribution >= 4 is 0 Å². The van der Waals surface area contributed by atoms with Gasteiger partial charge in [0.1, 0.15) is 5.76 Å². The first-order chi connectivity index (χ1) is 10.3. The zero-order valence-electron chi connectivity index (χ0n) is 12.1. The topological polar surface area (TPSA) is 80.2 Å². The van der Waals surface area contributed by atoms with E-state index in [1.54, 1.807) is 0 Å². The number of nitrogens with zero attached hydrogens (tertiary/aromatic N) is 4. The Morgan fingerprint density at radius 2 is 2.10 bits per heavy atom. The maximum Gasteiger partial charge on any atom is 0.280 e. The number of nitrogens with one attached hydrogen (secondary N) is 1.